The summed E-state index contributed by atoms with van der Waals surface area (Å²) in [5.74, 6) is -0.512. The summed E-state index contributed by atoms with van der Waals surface area (Å²) in [4.78, 5) is 28.1. The molecule has 0 radical (unpaired) electrons. The SMILES string of the molecule is CCOC(=O)COc1c(Cl)cc(/C=C2\N=C(c3ccccc3Cl)OC2=O)cc1OCC. The van der Waals surface area contributed by atoms with Gasteiger partial charge in [0.1, 0.15) is 0 Å². The Morgan fingerprint density at radius 1 is 1.10 bits per heavy atom. The van der Waals surface area contributed by atoms with Crippen molar-refractivity contribution in [2.45, 2.75) is 13.8 Å². The summed E-state index contributed by atoms with van der Waals surface area (Å²) in [7, 11) is 0. The Bertz CT molecular complexity index is 1060. The molecule has 0 aliphatic carbocycles. The maximum Gasteiger partial charge on any atom is 0.363 e. The highest BCUT2D eigenvalue weighted by atomic mass is 35.5. The van der Waals surface area contributed by atoms with E-state index in [1.165, 1.54) is 6.08 Å². The van der Waals surface area contributed by atoms with E-state index >= 15 is 0 Å². The first-order valence-corrected chi connectivity index (χ1v) is 10.2. The number of carbonyl (C=O) groups is 2. The van der Waals surface area contributed by atoms with E-state index in [9.17, 15) is 9.59 Å². The third kappa shape index (κ3) is 5.57. The number of nitrogens with zero attached hydrogens (tertiary/aromatic N) is 1. The second-order valence-corrected chi connectivity index (χ2v) is 6.99. The van der Waals surface area contributed by atoms with Crippen LogP contribution in [0.4, 0.5) is 0 Å². The minimum Gasteiger partial charge on any atom is -0.490 e. The van der Waals surface area contributed by atoms with E-state index in [2.05, 4.69) is 4.99 Å². The molecule has 0 N–H and O–H groups in total. The van der Waals surface area contributed by atoms with Gasteiger partial charge in [0.15, 0.2) is 23.8 Å². The van der Waals surface area contributed by atoms with E-state index < -0.39 is 11.9 Å². The van der Waals surface area contributed by atoms with Crippen molar-refractivity contribution in [1.29, 1.82) is 0 Å². The zero-order valence-corrected chi connectivity index (χ0v) is 18.3. The molecule has 162 valence electrons. The third-order valence-electron chi connectivity index (χ3n) is 4.00. The van der Waals surface area contributed by atoms with Crippen LogP contribution in [-0.2, 0) is 19.1 Å². The lowest BCUT2D eigenvalue weighted by atomic mass is 10.1. The zero-order valence-electron chi connectivity index (χ0n) is 16.8. The Balaban J connectivity index is 1.90. The summed E-state index contributed by atoms with van der Waals surface area (Å²) in [6, 6.07) is 10.1. The van der Waals surface area contributed by atoms with Crippen molar-refractivity contribution in [3.05, 3.63) is 63.3 Å². The summed E-state index contributed by atoms with van der Waals surface area (Å²) in [5.41, 5.74) is 1.12. The topological polar surface area (TPSA) is 83.4 Å². The molecule has 1 aliphatic heterocycles. The van der Waals surface area contributed by atoms with Crippen molar-refractivity contribution in [3.63, 3.8) is 0 Å². The van der Waals surface area contributed by atoms with Crippen LogP contribution in [0.15, 0.2) is 47.1 Å². The fourth-order valence-corrected chi connectivity index (χ4v) is 3.22. The number of esters is 2. The number of benzene rings is 2. The average Bonchev–Trinajstić information content (AvgIpc) is 3.08. The van der Waals surface area contributed by atoms with Crippen LogP contribution in [0.2, 0.25) is 10.0 Å². The Morgan fingerprint density at radius 3 is 2.58 bits per heavy atom. The number of ether oxygens (including phenoxy) is 4. The van der Waals surface area contributed by atoms with E-state index in [4.69, 9.17) is 42.1 Å². The second-order valence-electron chi connectivity index (χ2n) is 6.17. The van der Waals surface area contributed by atoms with Gasteiger partial charge in [-0.25, -0.2) is 14.6 Å². The summed E-state index contributed by atoms with van der Waals surface area (Å²) >= 11 is 12.5. The number of rotatable bonds is 8. The minimum atomic E-state index is -0.619. The number of hydrogen-bond acceptors (Lipinski definition) is 7. The standard InChI is InChI=1S/C22H19Cl2NO6/c1-3-28-18-11-13(9-16(24)20(18)30-12-19(26)29-4-2)10-17-22(27)31-21(25-17)14-7-5-6-8-15(14)23/h5-11H,3-4,12H2,1-2H3/b17-10-. The highest BCUT2D eigenvalue weighted by molar-refractivity contribution is 6.34. The molecular weight excluding hydrogens is 445 g/mol. The van der Waals surface area contributed by atoms with Crippen molar-refractivity contribution in [2.24, 2.45) is 4.99 Å². The monoisotopic (exact) mass is 463 g/mol. The van der Waals surface area contributed by atoms with Gasteiger partial charge in [-0.05, 0) is 49.8 Å². The summed E-state index contributed by atoms with van der Waals surface area (Å²) in [6.07, 6.45) is 1.51. The largest absolute Gasteiger partial charge is 0.490 e. The molecule has 3 rings (SSSR count). The highest BCUT2D eigenvalue weighted by Crippen LogP contribution is 2.37. The predicted octanol–water partition coefficient (Wildman–Crippen LogP) is 4.68. The van der Waals surface area contributed by atoms with Crippen molar-refractivity contribution in [1.82, 2.24) is 0 Å². The molecule has 7 nitrogen and oxygen atoms in total. The smallest absolute Gasteiger partial charge is 0.363 e. The lowest BCUT2D eigenvalue weighted by Crippen LogP contribution is -2.15. The first-order chi connectivity index (χ1) is 14.9. The quantitative estimate of drug-likeness (QED) is 0.417. The van der Waals surface area contributed by atoms with E-state index in [-0.39, 0.29) is 35.6 Å². The van der Waals surface area contributed by atoms with Gasteiger partial charge in [0, 0.05) is 0 Å². The Labute approximate surface area is 189 Å². The molecule has 0 bridgehead atoms. The summed E-state index contributed by atoms with van der Waals surface area (Å²) in [5, 5.41) is 0.615. The highest BCUT2D eigenvalue weighted by Gasteiger charge is 2.26. The lowest BCUT2D eigenvalue weighted by Gasteiger charge is -2.14. The molecule has 0 atom stereocenters. The molecule has 9 heteroatoms. The lowest BCUT2D eigenvalue weighted by molar-refractivity contribution is -0.145. The maximum atomic E-state index is 12.3. The van der Waals surface area contributed by atoms with Crippen LogP contribution < -0.4 is 9.47 Å². The molecule has 0 spiro atoms. The number of carbonyl (C=O) groups excluding carboxylic acids is 2. The normalized spacial score (nSPS) is 14.3. The molecule has 0 amide bonds. The fraction of sp³-hybridized carbons (Fsp3) is 0.227. The van der Waals surface area contributed by atoms with Crippen LogP contribution in [0.3, 0.4) is 0 Å². The van der Waals surface area contributed by atoms with Crippen LogP contribution in [0, 0.1) is 0 Å². The van der Waals surface area contributed by atoms with Gasteiger partial charge in [0.05, 0.1) is 28.8 Å². The van der Waals surface area contributed by atoms with Crippen molar-refractivity contribution in [3.8, 4) is 11.5 Å². The number of cyclic esters (lactones) is 1. The molecule has 0 unspecified atom stereocenters. The summed E-state index contributed by atoms with van der Waals surface area (Å²) < 4.78 is 21.2. The first-order valence-electron chi connectivity index (χ1n) is 9.45. The van der Waals surface area contributed by atoms with Gasteiger partial charge in [-0.15, -0.1) is 0 Å². The van der Waals surface area contributed by atoms with E-state index in [0.29, 0.717) is 28.5 Å². The van der Waals surface area contributed by atoms with Crippen LogP contribution in [0.5, 0.6) is 11.5 Å². The van der Waals surface area contributed by atoms with Crippen LogP contribution in [0.25, 0.3) is 6.08 Å². The number of halogens is 2. The van der Waals surface area contributed by atoms with Gasteiger partial charge < -0.3 is 18.9 Å². The number of hydrogen-bond donors (Lipinski definition) is 0. The third-order valence-corrected chi connectivity index (χ3v) is 4.61. The van der Waals surface area contributed by atoms with Gasteiger partial charge >= 0.3 is 11.9 Å². The van der Waals surface area contributed by atoms with Gasteiger partial charge in [-0.2, -0.15) is 0 Å². The maximum absolute atomic E-state index is 12.3. The molecule has 2 aromatic carbocycles. The molecule has 1 aliphatic rings. The Morgan fingerprint density at radius 2 is 1.87 bits per heavy atom. The second kappa shape index (κ2) is 10.3. The van der Waals surface area contributed by atoms with Crippen molar-refractivity contribution in [2.75, 3.05) is 19.8 Å². The van der Waals surface area contributed by atoms with Crippen LogP contribution >= 0.6 is 23.2 Å². The molecule has 0 saturated carbocycles. The van der Waals surface area contributed by atoms with Gasteiger partial charge in [0.25, 0.3) is 0 Å². The minimum absolute atomic E-state index is 0.0774. The van der Waals surface area contributed by atoms with Crippen molar-refractivity contribution < 1.29 is 28.5 Å². The molecule has 1 heterocycles. The van der Waals surface area contributed by atoms with E-state index in [0.717, 1.165) is 0 Å². The molecule has 2 aromatic rings. The molecular formula is C22H19Cl2NO6. The average molecular weight is 464 g/mol. The molecule has 0 fully saturated rings. The van der Waals surface area contributed by atoms with Crippen molar-refractivity contribution >= 4 is 47.1 Å². The van der Waals surface area contributed by atoms with Gasteiger partial charge in [-0.1, -0.05) is 35.3 Å². The first kappa shape index (κ1) is 22.7. The van der Waals surface area contributed by atoms with Crippen LogP contribution in [0.1, 0.15) is 25.0 Å². The summed E-state index contributed by atoms with van der Waals surface area (Å²) in [6.45, 7) is 3.76. The van der Waals surface area contributed by atoms with Gasteiger partial charge in [-0.3, -0.25) is 0 Å². The molecule has 0 aromatic heterocycles. The zero-order chi connectivity index (χ0) is 22.4. The predicted molar refractivity (Wildman–Crippen MR) is 117 cm³/mol. The Hall–Kier alpha value is -3.03. The van der Waals surface area contributed by atoms with E-state index in [1.807, 2.05) is 0 Å². The van der Waals surface area contributed by atoms with Gasteiger partial charge in [0.2, 0.25) is 5.90 Å². The fourth-order valence-electron chi connectivity index (χ4n) is 2.72. The molecule has 31 heavy (non-hydrogen) atoms. The van der Waals surface area contributed by atoms with Crippen LogP contribution in [-0.4, -0.2) is 37.7 Å². The molecule has 0 saturated heterocycles. The Kier molecular flexibility index (Phi) is 7.55. The number of aliphatic imine (C=N–C) groups is 1. The van der Waals surface area contributed by atoms with E-state index in [1.54, 1.807) is 50.2 Å².